The molecule has 0 unspecified atom stereocenters. The van der Waals surface area contributed by atoms with Crippen molar-refractivity contribution in [3.63, 3.8) is 0 Å². The van der Waals surface area contributed by atoms with Crippen molar-refractivity contribution in [3.05, 3.63) is 47.4 Å². The zero-order chi connectivity index (χ0) is 19.0. The summed E-state index contributed by atoms with van der Waals surface area (Å²) in [6.45, 7) is 8.33. The summed E-state index contributed by atoms with van der Waals surface area (Å²) >= 11 is 0. The Bertz CT molecular complexity index is 970. The fourth-order valence-corrected chi connectivity index (χ4v) is 3.30. The second-order valence-corrected chi connectivity index (χ2v) is 6.65. The molecule has 1 amide bonds. The standard InChI is InChI=1S/C18H21N7O2/c1-12-8-13(2)25(22-12)17-9-16(19-11-20-17)23-4-6-24(7-5-23)18(26)15-10-21-27-14(15)3/h8-11H,4-7H2,1-3H3. The Hall–Kier alpha value is -3.23. The van der Waals surface area contributed by atoms with Gasteiger partial charge in [0.05, 0.1) is 11.9 Å². The fourth-order valence-electron chi connectivity index (χ4n) is 3.30. The zero-order valence-electron chi connectivity index (χ0n) is 15.6. The van der Waals surface area contributed by atoms with Crippen molar-refractivity contribution in [1.29, 1.82) is 0 Å². The summed E-state index contributed by atoms with van der Waals surface area (Å²) in [5.74, 6) is 2.08. The summed E-state index contributed by atoms with van der Waals surface area (Å²) in [6.07, 6.45) is 3.04. The Kier molecular flexibility index (Phi) is 4.35. The van der Waals surface area contributed by atoms with Gasteiger partial charge >= 0.3 is 0 Å². The lowest BCUT2D eigenvalue weighted by Gasteiger charge is -2.35. The van der Waals surface area contributed by atoms with Crippen molar-refractivity contribution >= 4 is 11.7 Å². The monoisotopic (exact) mass is 367 g/mol. The number of hydrogen-bond acceptors (Lipinski definition) is 7. The van der Waals surface area contributed by atoms with Crippen LogP contribution in [0.25, 0.3) is 5.82 Å². The van der Waals surface area contributed by atoms with E-state index in [-0.39, 0.29) is 5.91 Å². The van der Waals surface area contributed by atoms with Gasteiger partial charge in [0.15, 0.2) is 5.82 Å². The molecule has 1 saturated heterocycles. The Balaban J connectivity index is 1.47. The lowest BCUT2D eigenvalue weighted by atomic mass is 10.2. The molecule has 0 atom stereocenters. The molecule has 0 bridgehead atoms. The van der Waals surface area contributed by atoms with Gasteiger partial charge in [0, 0.05) is 37.9 Å². The normalized spacial score (nSPS) is 14.6. The Morgan fingerprint density at radius 2 is 1.78 bits per heavy atom. The van der Waals surface area contributed by atoms with Crippen LogP contribution in [0.5, 0.6) is 0 Å². The Morgan fingerprint density at radius 1 is 1.04 bits per heavy atom. The van der Waals surface area contributed by atoms with E-state index in [1.165, 1.54) is 6.20 Å². The second-order valence-electron chi connectivity index (χ2n) is 6.65. The van der Waals surface area contributed by atoms with Crippen LogP contribution in [0.2, 0.25) is 0 Å². The van der Waals surface area contributed by atoms with Gasteiger partial charge in [-0.15, -0.1) is 0 Å². The first kappa shape index (κ1) is 17.2. The van der Waals surface area contributed by atoms with Crippen LogP contribution in [0, 0.1) is 20.8 Å². The molecular formula is C18H21N7O2. The van der Waals surface area contributed by atoms with Crippen LogP contribution < -0.4 is 4.90 Å². The van der Waals surface area contributed by atoms with Crippen LogP contribution in [0.4, 0.5) is 5.82 Å². The Morgan fingerprint density at radius 3 is 2.41 bits per heavy atom. The summed E-state index contributed by atoms with van der Waals surface area (Å²) in [7, 11) is 0. The third-order valence-corrected chi connectivity index (χ3v) is 4.74. The van der Waals surface area contributed by atoms with Crippen LogP contribution >= 0.6 is 0 Å². The topological polar surface area (TPSA) is 93.2 Å². The number of carbonyl (C=O) groups excluding carboxylic acids is 1. The predicted octanol–water partition coefficient (Wildman–Crippen LogP) is 1.54. The van der Waals surface area contributed by atoms with Gasteiger partial charge in [-0.25, -0.2) is 14.6 Å². The molecule has 1 aliphatic heterocycles. The van der Waals surface area contributed by atoms with Crippen molar-refractivity contribution in [2.45, 2.75) is 20.8 Å². The maximum atomic E-state index is 12.6. The van der Waals surface area contributed by atoms with Gasteiger partial charge in [0.2, 0.25) is 0 Å². The van der Waals surface area contributed by atoms with Crippen LogP contribution in [-0.4, -0.2) is 61.9 Å². The van der Waals surface area contributed by atoms with Crippen LogP contribution in [0.1, 0.15) is 27.5 Å². The van der Waals surface area contributed by atoms with Crippen molar-refractivity contribution < 1.29 is 9.32 Å². The van der Waals surface area contributed by atoms with Crippen LogP contribution in [0.15, 0.2) is 29.2 Å². The van der Waals surface area contributed by atoms with Crippen molar-refractivity contribution in [1.82, 2.24) is 29.8 Å². The summed E-state index contributed by atoms with van der Waals surface area (Å²) < 4.78 is 6.81. The van der Waals surface area contributed by atoms with E-state index in [1.54, 1.807) is 13.3 Å². The number of aromatic nitrogens is 5. The third kappa shape index (κ3) is 3.27. The van der Waals surface area contributed by atoms with Gasteiger partial charge in [-0.3, -0.25) is 4.79 Å². The molecule has 3 aromatic heterocycles. The molecule has 4 heterocycles. The first-order chi connectivity index (χ1) is 13.0. The van der Waals surface area contributed by atoms with E-state index >= 15 is 0 Å². The average Bonchev–Trinajstić information content (AvgIpc) is 3.26. The van der Waals surface area contributed by atoms with E-state index in [0.29, 0.717) is 37.5 Å². The molecule has 9 nitrogen and oxygen atoms in total. The highest BCUT2D eigenvalue weighted by atomic mass is 16.5. The lowest BCUT2D eigenvalue weighted by Crippen LogP contribution is -2.49. The molecule has 140 valence electrons. The minimum absolute atomic E-state index is 0.0422. The van der Waals surface area contributed by atoms with Crippen molar-refractivity contribution in [2.24, 2.45) is 0 Å². The van der Waals surface area contributed by atoms with Gasteiger partial charge in [0.1, 0.15) is 23.5 Å². The molecule has 0 N–H and O–H groups in total. The maximum Gasteiger partial charge on any atom is 0.259 e. The number of aryl methyl sites for hydroxylation is 3. The number of piperazine rings is 1. The average molecular weight is 367 g/mol. The van der Waals surface area contributed by atoms with E-state index in [2.05, 4.69) is 25.1 Å². The molecular weight excluding hydrogens is 346 g/mol. The molecule has 0 radical (unpaired) electrons. The highest BCUT2D eigenvalue weighted by Crippen LogP contribution is 2.19. The minimum atomic E-state index is -0.0422. The first-order valence-corrected chi connectivity index (χ1v) is 8.84. The lowest BCUT2D eigenvalue weighted by molar-refractivity contribution is 0.0744. The Labute approximate surface area is 156 Å². The second kappa shape index (κ2) is 6.82. The number of rotatable bonds is 3. The van der Waals surface area contributed by atoms with Gasteiger partial charge in [-0.05, 0) is 26.8 Å². The quantitative estimate of drug-likeness (QED) is 0.693. The van der Waals surface area contributed by atoms with E-state index < -0.39 is 0 Å². The molecule has 4 rings (SSSR count). The van der Waals surface area contributed by atoms with E-state index in [0.717, 1.165) is 23.0 Å². The molecule has 3 aromatic rings. The first-order valence-electron chi connectivity index (χ1n) is 8.84. The number of hydrogen-bond donors (Lipinski definition) is 0. The van der Waals surface area contributed by atoms with Gasteiger partial charge in [-0.2, -0.15) is 5.10 Å². The van der Waals surface area contributed by atoms with E-state index in [9.17, 15) is 4.79 Å². The smallest absolute Gasteiger partial charge is 0.259 e. The maximum absolute atomic E-state index is 12.6. The molecule has 0 aromatic carbocycles. The van der Waals surface area contributed by atoms with E-state index in [1.807, 2.05) is 35.6 Å². The highest BCUT2D eigenvalue weighted by Gasteiger charge is 2.25. The van der Waals surface area contributed by atoms with Crippen LogP contribution in [0.3, 0.4) is 0 Å². The number of carbonyl (C=O) groups is 1. The highest BCUT2D eigenvalue weighted by molar-refractivity contribution is 5.94. The fraction of sp³-hybridized carbons (Fsp3) is 0.389. The van der Waals surface area contributed by atoms with Gasteiger partial charge < -0.3 is 14.3 Å². The molecule has 1 aliphatic rings. The summed E-state index contributed by atoms with van der Waals surface area (Å²) in [6, 6.07) is 3.94. The van der Waals surface area contributed by atoms with Gasteiger partial charge in [-0.1, -0.05) is 5.16 Å². The summed E-state index contributed by atoms with van der Waals surface area (Å²) in [4.78, 5) is 25.3. The molecule has 1 fully saturated rings. The molecule has 0 aliphatic carbocycles. The van der Waals surface area contributed by atoms with Crippen molar-refractivity contribution in [3.8, 4) is 5.82 Å². The number of anilines is 1. The minimum Gasteiger partial charge on any atom is -0.361 e. The number of nitrogens with zero attached hydrogens (tertiary/aromatic N) is 7. The zero-order valence-corrected chi connectivity index (χ0v) is 15.6. The summed E-state index contributed by atoms with van der Waals surface area (Å²) in [5.41, 5.74) is 2.50. The molecule has 0 spiro atoms. The van der Waals surface area contributed by atoms with Crippen LogP contribution in [-0.2, 0) is 0 Å². The third-order valence-electron chi connectivity index (χ3n) is 4.74. The SMILES string of the molecule is Cc1cc(C)n(-c2cc(N3CCN(C(=O)c4cnoc4C)CC3)ncn2)n1. The largest absolute Gasteiger partial charge is 0.361 e. The number of amides is 1. The van der Waals surface area contributed by atoms with E-state index in [4.69, 9.17) is 4.52 Å². The molecule has 0 saturated carbocycles. The van der Waals surface area contributed by atoms with Crippen molar-refractivity contribution in [2.75, 3.05) is 31.1 Å². The van der Waals surface area contributed by atoms with Gasteiger partial charge in [0.25, 0.3) is 5.91 Å². The predicted molar refractivity (Wildman–Crippen MR) is 98.0 cm³/mol. The molecule has 9 heteroatoms. The summed E-state index contributed by atoms with van der Waals surface area (Å²) in [5, 5.41) is 8.17. The molecule has 27 heavy (non-hydrogen) atoms.